The summed E-state index contributed by atoms with van der Waals surface area (Å²) in [5.74, 6) is 0.302. The van der Waals surface area contributed by atoms with Crippen molar-refractivity contribution in [1.82, 2.24) is 9.88 Å². The number of para-hydroxylation sites is 1. The number of piperazine rings is 1. The van der Waals surface area contributed by atoms with E-state index in [1.807, 2.05) is 42.6 Å². The highest BCUT2D eigenvalue weighted by Gasteiger charge is 2.29. The lowest BCUT2D eigenvalue weighted by Gasteiger charge is -2.41. The van der Waals surface area contributed by atoms with Crippen molar-refractivity contribution in [3.8, 4) is 5.75 Å². The van der Waals surface area contributed by atoms with Crippen LogP contribution in [-0.4, -0.2) is 41.2 Å². The number of nitrogens with zero attached hydrogens (tertiary/aromatic N) is 3. The molecule has 1 N–H and O–H groups in total. The van der Waals surface area contributed by atoms with Crippen LogP contribution >= 0.6 is 23.2 Å². The van der Waals surface area contributed by atoms with E-state index in [4.69, 9.17) is 23.2 Å². The molecule has 2 heterocycles. The maximum Gasteiger partial charge on any atom is 0.120 e. The van der Waals surface area contributed by atoms with Gasteiger partial charge < -0.3 is 10.0 Å². The Bertz CT molecular complexity index is 944. The Morgan fingerprint density at radius 3 is 2.39 bits per heavy atom. The summed E-state index contributed by atoms with van der Waals surface area (Å²) in [5, 5.41) is 11.7. The molecule has 1 aliphatic heterocycles. The lowest BCUT2D eigenvalue weighted by Crippen LogP contribution is -2.48. The van der Waals surface area contributed by atoms with Crippen LogP contribution in [0.15, 0.2) is 67.0 Å². The molecule has 0 spiro atoms. The van der Waals surface area contributed by atoms with Crippen molar-refractivity contribution in [2.24, 2.45) is 0 Å². The number of anilines is 1. The van der Waals surface area contributed by atoms with Gasteiger partial charge in [0.2, 0.25) is 0 Å². The van der Waals surface area contributed by atoms with Gasteiger partial charge in [-0.05, 0) is 29.8 Å². The molecule has 0 bridgehead atoms. The Morgan fingerprint density at radius 1 is 0.893 bits per heavy atom. The van der Waals surface area contributed by atoms with Crippen molar-refractivity contribution in [2.45, 2.75) is 6.04 Å². The van der Waals surface area contributed by atoms with E-state index in [9.17, 15) is 5.11 Å². The molecule has 28 heavy (non-hydrogen) atoms. The minimum Gasteiger partial charge on any atom is -0.508 e. The largest absolute Gasteiger partial charge is 0.508 e. The van der Waals surface area contributed by atoms with Gasteiger partial charge in [-0.15, -0.1) is 0 Å². The van der Waals surface area contributed by atoms with Gasteiger partial charge in [-0.1, -0.05) is 53.5 Å². The molecular weight excluding hydrogens is 393 g/mol. The molecule has 1 unspecified atom stereocenters. The van der Waals surface area contributed by atoms with Crippen molar-refractivity contribution < 1.29 is 5.11 Å². The van der Waals surface area contributed by atoms with E-state index in [1.54, 1.807) is 18.3 Å². The van der Waals surface area contributed by atoms with Gasteiger partial charge in [0.25, 0.3) is 0 Å². The third-order valence-electron chi connectivity index (χ3n) is 5.18. The predicted molar refractivity (Wildman–Crippen MR) is 114 cm³/mol. The fourth-order valence-corrected chi connectivity index (χ4v) is 4.22. The van der Waals surface area contributed by atoms with Gasteiger partial charge in [0.15, 0.2) is 0 Å². The highest BCUT2D eigenvalue weighted by molar-refractivity contribution is 6.43. The number of aromatic hydroxyl groups is 1. The average molecular weight is 414 g/mol. The Hall–Kier alpha value is -2.27. The zero-order valence-electron chi connectivity index (χ0n) is 15.3. The molecule has 0 aliphatic carbocycles. The summed E-state index contributed by atoms with van der Waals surface area (Å²) in [6.45, 7) is 3.31. The number of hydrogen-bond acceptors (Lipinski definition) is 4. The van der Waals surface area contributed by atoms with E-state index in [-0.39, 0.29) is 6.04 Å². The van der Waals surface area contributed by atoms with Crippen molar-refractivity contribution in [2.75, 3.05) is 31.1 Å². The highest BCUT2D eigenvalue weighted by Crippen LogP contribution is 2.36. The van der Waals surface area contributed by atoms with Crippen molar-refractivity contribution in [3.63, 3.8) is 0 Å². The molecule has 1 atom stereocenters. The monoisotopic (exact) mass is 413 g/mol. The average Bonchev–Trinajstić information content (AvgIpc) is 2.73. The minimum atomic E-state index is -0.0492. The molecule has 1 aliphatic rings. The maximum absolute atomic E-state index is 10.5. The fourth-order valence-electron chi connectivity index (χ4n) is 3.80. The summed E-state index contributed by atoms with van der Waals surface area (Å²) >= 11 is 12.6. The lowest BCUT2D eigenvalue weighted by atomic mass is 9.96. The molecule has 1 saturated heterocycles. The van der Waals surface area contributed by atoms with Crippen LogP contribution in [0.3, 0.4) is 0 Å². The molecule has 2 aromatic carbocycles. The topological polar surface area (TPSA) is 39.6 Å². The predicted octanol–water partition coefficient (Wildman–Crippen LogP) is 5.01. The van der Waals surface area contributed by atoms with Crippen molar-refractivity contribution in [1.29, 1.82) is 0 Å². The quantitative estimate of drug-likeness (QED) is 0.652. The first kappa shape index (κ1) is 19.1. The Labute approximate surface area is 175 Å². The van der Waals surface area contributed by atoms with Gasteiger partial charge in [0.05, 0.1) is 21.8 Å². The zero-order valence-corrected chi connectivity index (χ0v) is 16.8. The van der Waals surface area contributed by atoms with Crippen LogP contribution < -0.4 is 4.90 Å². The minimum absolute atomic E-state index is 0.0492. The molecule has 0 saturated carbocycles. The van der Waals surface area contributed by atoms with Crippen LogP contribution in [0.2, 0.25) is 10.0 Å². The fraction of sp³-hybridized carbons (Fsp3) is 0.227. The second kappa shape index (κ2) is 8.39. The van der Waals surface area contributed by atoms with Gasteiger partial charge in [0, 0.05) is 44.1 Å². The number of hydrogen-bond donors (Lipinski definition) is 1. The molecular formula is C22H21Cl2N3O. The molecule has 4 nitrogen and oxygen atoms in total. The van der Waals surface area contributed by atoms with Crippen LogP contribution in [0.25, 0.3) is 0 Å². The molecule has 1 aromatic heterocycles. The number of pyridine rings is 1. The smallest absolute Gasteiger partial charge is 0.120 e. The Morgan fingerprint density at radius 2 is 1.68 bits per heavy atom. The van der Waals surface area contributed by atoms with Crippen LogP contribution in [0.5, 0.6) is 5.75 Å². The molecule has 1 fully saturated rings. The third kappa shape index (κ3) is 3.81. The zero-order chi connectivity index (χ0) is 19.5. The normalized spacial score (nSPS) is 16.1. The maximum atomic E-state index is 10.5. The number of rotatable bonds is 4. The molecule has 0 amide bonds. The van der Waals surface area contributed by atoms with E-state index >= 15 is 0 Å². The van der Waals surface area contributed by atoms with E-state index in [2.05, 4.69) is 20.9 Å². The van der Waals surface area contributed by atoms with Gasteiger partial charge in [-0.3, -0.25) is 9.88 Å². The number of halogens is 2. The molecule has 0 radical (unpaired) electrons. The first-order chi connectivity index (χ1) is 13.6. The standard InChI is InChI=1S/C22H21Cl2N3O/c23-18-7-3-8-19(21(18)24)26-11-13-27(14-12-26)22(16-5-4-10-25-15-16)17-6-1-2-9-20(17)28/h1-10,15,22,28H,11-14H2. The second-order valence-corrected chi connectivity index (χ2v) is 7.63. The summed E-state index contributed by atoms with van der Waals surface area (Å²) in [6, 6.07) is 17.2. The SMILES string of the molecule is Oc1ccccc1C(c1cccnc1)N1CCN(c2cccc(Cl)c2Cl)CC1. The number of benzene rings is 2. The Balaban J connectivity index is 1.60. The summed E-state index contributed by atoms with van der Waals surface area (Å²) in [7, 11) is 0. The molecule has 3 aromatic rings. The van der Waals surface area contributed by atoms with E-state index in [0.717, 1.165) is 43.0 Å². The highest BCUT2D eigenvalue weighted by atomic mass is 35.5. The first-order valence-electron chi connectivity index (χ1n) is 9.26. The van der Waals surface area contributed by atoms with E-state index in [1.165, 1.54) is 0 Å². The molecule has 4 rings (SSSR count). The number of phenols is 1. The summed E-state index contributed by atoms with van der Waals surface area (Å²) < 4.78 is 0. The van der Waals surface area contributed by atoms with Gasteiger partial charge in [0.1, 0.15) is 5.75 Å². The summed E-state index contributed by atoms with van der Waals surface area (Å²) in [5.41, 5.74) is 2.93. The van der Waals surface area contributed by atoms with Gasteiger partial charge in [-0.2, -0.15) is 0 Å². The Kier molecular flexibility index (Phi) is 5.72. The van der Waals surface area contributed by atoms with Crippen LogP contribution in [0.1, 0.15) is 17.2 Å². The van der Waals surface area contributed by atoms with Crippen LogP contribution in [0.4, 0.5) is 5.69 Å². The van der Waals surface area contributed by atoms with Gasteiger partial charge in [-0.25, -0.2) is 0 Å². The van der Waals surface area contributed by atoms with Crippen LogP contribution in [0, 0.1) is 0 Å². The third-order valence-corrected chi connectivity index (χ3v) is 5.99. The first-order valence-corrected chi connectivity index (χ1v) is 10.0. The molecule has 6 heteroatoms. The van der Waals surface area contributed by atoms with Crippen molar-refractivity contribution >= 4 is 28.9 Å². The number of phenolic OH excluding ortho intramolecular Hbond substituents is 1. The summed E-state index contributed by atoms with van der Waals surface area (Å²) in [4.78, 5) is 8.92. The van der Waals surface area contributed by atoms with E-state index < -0.39 is 0 Å². The summed E-state index contributed by atoms with van der Waals surface area (Å²) in [6.07, 6.45) is 3.64. The van der Waals surface area contributed by atoms with Crippen molar-refractivity contribution in [3.05, 3.63) is 88.2 Å². The second-order valence-electron chi connectivity index (χ2n) is 6.84. The molecule has 144 valence electrons. The number of aromatic nitrogens is 1. The lowest BCUT2D eigenvalue weighted by molar-refractivity contribution is 0.209. The van der Waals surface area contributed by atoms with Crippen LogP contribution in [-0.2, 0) is 0 Å². The van der Waals surface area contributed by atoms with Gasteiger partial charge >= 0.3 is 0 Å². The van der Waals surface area contributed by atoms with E-state index in [0.29, 0.717) is 15.8 Å².